The van der Waals surface area contributed by atoms with Crippen molar-refractivity contribution in [3.8, 4) is 0 Å². The number of nitrogens with zero attached hydrogens (tertiary/aromatic N) is 1. The molecular weight excluding hydrogens is 306 g/mol. The van der Waals surface area contributed by atoms with Crippen LogP contribution in [0.2, 0.25) is 0 Å². The van der Waals surface area contributed by atoms with Gasteiger partial charge >= 0.3 is 0 Å². The zero-order valence-electron chi connectivity index (χ0n) is 9.47. The average Bonchev–Trinajstić information content (AvgIpc) is 2.29. The van der Waals surface area contributed by atoms with Crippen LogP contribution in [-0.2, 0) is 14.8 Å². The Morgan fingerprint density at radius 2 is 2.00 bits per heavy atom. The van der Waals surface area contributed by atoms with E-state index in [4.69, 9.17) is 4.74 Å². The van der Waals surface area contributed by atoms with Crippen molar-refractivity contribution in [3.63, 3.8) is 0 Å². The molecule has 1 aliphatic rings. The van der Waals surface area contributed by atoms with Crippen LogP contribution in [0.5, 0.6) is 0 Å². The van der Waals surface area contributed by atoms with Crippen molar-refractivity contribution < 1.29 is 13.2 Å². The van der Waals surface area contributed by atoms with Gasteiger partial charge in [0, 0.05) is 17.6 Å². The van der Waals surface area contributed by atoms with Gasteiger partial charge < -0.3 is 4.74 Å². The lowest BCUT2D eigenvalue weighted by molar-refractivity contribution is 0.0102. The van der Waals surface area contributed by atoms with Crippen LogP contribution in [0.15, 0.2) is 33.6 Å². The Labute approximate surface area is 110 Å². The lowest BCUT2D eigenvalue weighted by Crippen LogP contribution is -2.44. The molecule has 0 bridgehead atoms. The van der Waals surface area contributed by atoms with Crippen LogP contribution in [0.1, 0.15) is 6.92 Å². The molecule has 1 aromatic carbocycles. The molecule has 1 heterocycles. The molecule has 0 aromatic heterocycles. The SMILES string of the molecule is C[C@@H]1CN(S(=O)(=O)c2ccc(Br)cc2)CCO1. The normalized spacial score (nSPS) is 22.6. The summed E-state index contributed by atoms with van der Waals surface area (Å²) in [6.07, 6.45) is -0.0472. The molecule has 0 spiro atoms. The molecule has 0 radical (unpaired) electrons. The van der Waals surface area contributed by atoms with E-state index in [0.717, 1.165) is 4.47 Å². The Hall–Kier alpha value is -0.430. The first kappa shape index (κ1) is 13.0. The molecule has 1 atom stereocenters. The minimum absolute atomic E-state index is 0.0472. The maximum absolute atomic E-state index is 12.3. The molecule has 2 rings (SSSR count). The number of hydrogen-bond acceptors (Lipinski definition) is 3. The molecule has 1 saturated heterocycles. The summed E-state index contributed by atoms with van der Waals surface area (Å²) in [5, 5.41) is 0. The van der Waals surface area contributed by atoms with Crippen molar-refractivity contribution in [2.75, 3.05) is 19.7 Å². The fourth-order valence-electron chi connectivity index (χ4n) is 1.76. The lowest BCUT2D eigenvalue weighted by Gasteiger charge is -2.30. The highest BCUT2D eigenvalue weighted by atomic mass is 79.9. The number of sulfonamides is 1. The average molecular weight is 320 g/mol. The van der Waals surface area contributed by atoms with Gasteiger partial charge in [0.2, 0.25) is 10.0 Å². The van der Waals surface area contributed by atoms with Crippen molar-refractivity contribution in [1.82, 2.24) is 4.31 Å². The zero-order chi connectivity index (χ0) is 12.5. The summed E-state index contributed by atoms with van der Waals surface area (Å²) < 4.78 is 32.3. The number of rotatable bonds is 2. The van der Waals surface area contributed by atoms with Crippen LogP contribution < -0.4 is 0 Å². The number of benzene rings is 1. The Kier molecular flexibility index (Phi) is 3.87. The molecule has 1 aromatic rings. The van der Waals surface area contributed by atoms with Gasteiger partial charge in [-0.25, -0.2) is 8.42 Å². The maximum Gasteiger partial charge on any atom is 0.243 e. The molecule has 0 saturated carbocycles. The predicted octanol–water partition coefficient (Wildman–Crippen LogP) is 1.86. The predicted molar refractivity (Wildman–Crippen MR) is 68.3 cm³/mol. The number of hydrogen-bond donors (Lipinski definition) is 0. The smallest absolute Gasteiger partial charge is 0.243 e. The highest BCUT2D eigenvalue weighted by molar-refractivity contribution is 9.10. The third-order valence-electron chi connectivity index (χ3n) is 2.66. The first-order valence-corrected chi connectivity index (χ1v) is 7.61. The van der Waals surface area contributed by atoms with Gasteiger partial charge in [-0.2, -0.15) is 4.31 Å². The molecule has 6 heteroatoms. The Bertz CT molecular complexity index is 486. The summed E-state index contributed by atoms with van der Waals surface area (Å²) >= 11 is 3.29. The Morgan fingerprint density at radius 1 is 1.35 bits per heavy atom. The summed E-state index contributed by atoms with van der Waals surface area (Å²) in [6, 6.07) is 6.69. The molecule has 4 nitrogen and oxygen atoms in total. The Balaban J connectivity index is 2.26. The third kappa shape index (κ3) is 2.88. The highest BCUT2D eigenvalue weighted by Crippen LogP contribution is 2.20. The van der Waals surface area contributed by atoms with E-state index in [2.05, 4.69) is 15.9 Å². The van der Waals surface area contributed by atoms with Crippen LogP contribution in [0, 0.1) is 0 Å². The lowest BCUT2D eigenvalue weighted by atomic mass is 10.3. The van der Waals surface area contributed by atoms with Crippen LogP contribution in [-0.4, -0.2) is 38.5 Å². The number of ether oxygens (including phenoxy) is 1. The van der Waals surface area contributed by atoms with Crippen LogP contribution in [0.3, 0.4) is 0 Å². The molecular formula is C11H14BrNO3S. The first-order chi connectivity index (χ1) is 8.00. The van der Waals surface area contributed by atoms with Gasteiger partial charge in [0.05, 0.1) is 17.6 Å². The molecule has 0 aliphatic carbocycles. The molecule has 0 unspecified atom stereocenters. The minimum atomic E-state index is -3.38. The summed E-state index contributed by atoms with van der Waals surface area (Å²) in [5.74, 6) is 0. The second-order valence-corrected chi connectivity index (χ2v) is 6.85. The van der Waals surface area contributed by atoms with E-state index < -0.39 is 10.0 Å². The third-order valence-corrected chi connectivity index (χ3v) is 5.06. The zero-order valence-corrected chi connectivity index (χ0v) is 11.9. The molecule has 1 aliphatic heterocycles. The van der Waals surface area contributed by atoms with Gasteiger partial charge in [-0.3, -0.25) is 0 Å². The Morgan fingerprint density at radius 3 is 2.59 bits per heavy atom. The number of halogens is 1. The van der Waals surface area contributed by atoms with E-state index in [9.17, 15) is 8.42 Å². The van der Waals surface area contributed by atoms with E-state index in [1.54, 1.807) is 24.3 Å². The fraction of sp³-hybridized carbons (Fsp3) is 0.455. The van der Waals surface area contributed by atoms with E-state index in [1.165, 1.54) is 4.31 Å². The van der Waals surface area contributed by atoms with E-state index in [1.807, 2.05) is 6.92 Å². The molecule has 0 amide bonds. The van der Waals surface area contributed by atoms with Gasteiger partial charge in [-0.1, -0.05) is 15.9 Å². The van der Waals surface area contributed by atoms with Crippen LogP contribution in [0.25, 0.3) is 0 Å². The highest BCUT2D eigenvalue weighted by Gasteiger charge is 2.28. The summed E-state index contributed by atoms with van der Waals surface area (Å²) in [7, 11) is -3.38. The van der Waals surface area contributed by atoms with Gasteiger partial charge in [0.25, 0.3) is 0 Å². The molecule has 17 heavy (non-hydrogen) atoms. The standard InChI is InChI=1S/C11H14BrNO3S/c1-9-8-13(6-7-16-9)17(14,15)11-4-2-10(12)3-5-11/h2-5,9H,6-8H2,1H3/t9-/m1/s1. The largest absolute Gasteiger partial charge is 0.376 e. The van der Waals surface area contributed by atoms with E-state index in [-0.39, 0.29) is 6.10 Å². The first-order valence-electron chi connectivity index (χ1n) is 5.37. The van der Waals surface area contributed by atoms with E-state index in [0.29, 0.717) is 24.6 Å². The van der Waals surface area contributed by atoms with Gasteiger partial charge in [0.1, 0.15) is 0 Å². The molecule has 0 N–H and O–H groups in total. The monoisotopic (exact) mass is 319 g/mol. The van der Waals surface area contributed by atoms with Crippen molar-refractivity contribution >= 4 is 26.0 Å². The topological polar surface area (TPSA) is 46.6 Å². The van der Waals surface area contributed by atoms with Crippen molar-refractivity contribution in [3.05, 3.63) is 28.7 Å². The van der Waals surface area contributed by atoms with E-state index >= 15 is 0 Å². The quantitative estimate of drug-likeness (QED) is 0.836. The van der Waals surface area contributed by atoms with Crippen molar-refractivity contribution in [1.29, 1.82) is 0 Å². The summed E-state index contributed by atoms with van der Waals surface area (Å²) in [5.41, 5.74) is 0. The van der Waals surface area contributed by atoms with Gasteiger partial charge in [0.15, 0.2) is 0 Å². The minimum Gasteiger partial charge on any atom is -0.376 e. The van der Waals surface area contributed by atoms with Gasteiger partial charge in [-0.05, 0) is 31.2 Å². The molecule has 1 fully saturated rings. The summed E-state index contributed by atoms with van der Waals surface area (Å²) in [4.78, 5) is 0.329. The van der Waals surface area contributed by atoms with Crippen LogP contribution in [0.4, 0.5) is 0 Å². The van der Waals surface area contributed by atoms with Gasteiger partial charge in [-0.15, -0.1) is 0 Å². The summed E-state index contributed by atoms with van der Waals surface area (Å²) in [6.45, 7) is 3.17. The van der Waals surface area contributed by atoms with Crippen molar-refractivity contribution in [2.45, 2.75) is 17.9 Å². The fourth-order valence-corrected chi connectivity index (χ4v) is 3.52. The molecule has 94 valence electrons. The second kappa shape index (κ2) is 5.06. The second-order valence-electron chi connectivity index (χ2n) is 4.00. The van der Waals surface area contributed by atoms with Crippen LogP contribution >= 0.6 is 15.9 Å². The van der Waals surface area contributed by atoms with Crippen molar-refractivity contribution in [2.24, 2.45) is 0 Å². The maximum atomic E-state index is 12.3. The number of morpholine rings is 1.